The van der Waals surface area contributed by atoms with Crippen molar-refractivity contribution in [2.75, 3.05) is 7.05 Å². The molecular weight excluding hydrogens is 286 g/mol. The molecule has 0 saturated carbocycles. The average molecular weight is 305 g/mol. The number of carbonyl (C=O) groups is 1. The highest BCUT2D eigenvalue weighted by atomic mass is 32.2. The van der Waals surface area contributed by atoms with E-state index in [2.05, 4.69) is 15.5 Å². The van der Waals surface area contributed by atoms with Gasteiger partial charge >= 0.3 is 0 Å². The Kier molecular flexibility index (Phi) is 5.38. The lowest BCUT2D eigenvalue weighted by Crippen LogP contribution is -2.31. The molecule has 1 heterocycles. The molecular formula is C15H19N3O2S. The second-order valence-corrected chi connectivity index (χ2v) is 6.30. The van der Waals surface area contributed by atoms with Crippen LogP contribution in [0.5, 0.6) is 0 Å². The summed E-state index contributed by atoms with van der Waals surface area (Å²) in [4.78, 5) is 16.3. The Hall–Kier alpha value is -1.82. The second kappa shape index (κ2) is 7.26. The van der Waals surface area contributed by atoms with Gasteiger partial charge in [-0.25, -0.2) is 0 Å². The zero-order chi connectivity index (χ0) is 15.2. The molecule has 0 saturated heterocycles. The zero-order valence-electron chi connectivity index (χ0n) is 12.4. The van der Waals surface area contributed by atoms with Gasteiger partial charge in [0.2, 0.25) is 11.8 Å². The van der Waals surface area contributed by atoms with Crippen molar-refractivity contribution in [1.82, 2.24) is 15.5 Å². The smallest absolute Gasteiger partial charge is 0.239 e. The highest BCUT2D eigenvalue weighted by Gasteiger charge is 2.24. The van der Waals surface area contributed by atoms with Gasteiger partial charge in [0.1, 0.15) is 0 Å². The van der Waals surface area contributed by atoms with Crippen molar-refractivity contribution >= 4 is 17.7 Å². The molecule has 0 unspecified atom stereocenters. The van der Waals surface area contributed by atoms with Crippen LogP contribution in [-0.4, -0.2) is 28.3 Å². The van der Waals surface area contributed by atoms with Crippen LogP contribution in [0, 0.1) is 6.92 Å². The molecule has 2 rings (SSSR count). The lowest BCUT2D eigenvalue weighted by molar-refractivity contribution is -0.120. The number of hydrogen-bond acceptors (Lipinski definition) is 5. The van der Waals surface area contributed by atoms with Gasteiger partial charge in [-0.1, -0.05) is 35.5 Å². The number of thioether (sulfide) groups is 1. The van der Waals surface area contributed by atoms with Gasteiger partial charge in [0.15, 0.2) is 5.82 Å². The van der Waals surface area contributed by atoms with Crippen molar-refractivity contribution in [3.05, 3.63) is 47.6 Å². The van der Waals surface area contributed by atoms with Crippen molar-refractivity contribution < 1.29 is 9.32 Å². The fourth-order valence-corrected chi connectivity index (χ4v) is 3.21. The number of nitrogens with zero attached hydrogens (tertiary/aromatic N) is 2. The number of benzene rings is 1. The highest BCUT2D eigenvalue weighted by Crippen LogP contribution is 2.32. The van der Waals surface area contributed by atoms with E-state index in [0.717, 1.165) is 5.56 Å². The molecule has 5 nitrogen and oxygen atoms in total. The Morgan fingerprint density at radius 3 is 2.67 bits per heavy atom. The van der Waals surface area contributed by atoms with Crippen LogP contribution in [0.1, 0.15) is 29.5 Å². The molecule has 0 bridgehead atoms. The Morgan fingerprint density at radius 2 is 2.10 bits per heavy atom. The van der Waals surface area contributed by atoms with E-state index >= 15 is 0 Å². The van der Waals surface area contributed by atoms with Gasteiger partial charge in [-0.2, -0.15) is 4.98 Å². The van der Waals surface area contributed by atoms with Crippen LogP contribution in [0.3, 0.4) is 0 Å². The standard InChI is InChI=1S/C15H19N3O2S/c1-10(15-17-11(2)18-20-15)21-13(14(19)16-3)9-12-7-5-4-6-8-12/h4-8,10,13H,9H2,1-3H3,(H,16,19)/t10-,13+/m1/s1. The van der Waals surface area contributed by atoms with Crippen molar-refractivity contribution in [3.63, 3.8) is 0 Å². The highest BCUT2D eigenvalue weighted by molar-refractivity contribution is 8.00. The summed E-state index contributed by atoms with van der Waals surface area (Å²) in [6.45, 7) is 3.75. The molecule has 6 heteroatoms. The van der Waals surface area contributed by atoms with Crippen LogP contribution in [0.4, 0.5) is 0 Å². The Labute approximate surface area is 128 Å². The minimum Gasteiger partial charge on any atom is -0.358 e. The molecule has 0 radical (unpaired) electrons. The minimum atomic E-state index is -0.195. The number of aryl methyl sites for hydroxylation is 1. The van der Waals surface area contributed by atoms with Crippen LogP contribution in [0.25, 0.3) is 0 Å². The molecule has 2 atom stereocenters. The van der Waals surface area contributed by atoms with Crippen LogP contribution in [0.15, 0.2) is 34.9 Å². The summed E-state index contributed by atoms with van der Waals surface area (Å²) in [5.41, 5.74) is 1.13. The van der Waals surface area contributed by atoms with Crippen LogP contribution >= 0.6 is 11.8 Å². The van der Waals surface area contributed by atoms with Crippen LogP contribution < -0.4 is 5.32 Å². The topological polar surface area (TPSA) is 68.0 Å². The summed E-state index contributed by atoms with van der Waals surface area (Å²) in [7, 11) is 1.66. The summed E-state index contributed by atoms with van der Waals surface area (Å²) >= 11 is 1.53. The van der Waals surface area contributed by atoms with Gasteiger partial charge in [0, 0.05) is 7.05 Å². The maximum absolute atomic E-state index is 12.1. The summed E-state index contributed by atoms with van der Waals surface area (Å²) in [5, 5.41) is 6.29. The fourth-order valence-electron chi connectivity index (χ4n) is 1.97. The van der Waals surface area contributed by atoms with E-state index in [1.165, 1.54) is 11.8 Å². The number of aromatic nitrogens is 2. The van der Waals surface area contributed by atoms with Gasteiger partial charge in [-0.05, 0) is 25.8 Å². The first-order valence-corrected chi connectivity index (χ1v) is 7.75. The Balaban J connectivity index is 2.07. The predicted octanol–water partition coefficient (Wildman–Crippen LogP) is 2.53. The zero-order valence-corrected chi connectivity index (χ0v) is 13.2. The molecule has 112 valence electrons. The minimum absolute atomic E-state index is 0.00643. The molecule has 0 aliphatic rings. The largest absolute Gasteiger partial charge is 0.358 e. The van der Waals surface area contributed by atoms with Gasteiger partial charge in [0.25, 0.3) is 0 Å². The second-order valence-electron chi connectivity index (χ2n) is 4.75. The number of nitrogens with one attached hydrogen (secondary N) is 1. The molecule has 1 amide bonds. The monoisotopic (exact) mass is 305 g/mol. The van der Waals surface area contributed by atoms with Gasteiger partial charge in [-0.15, -0.1) is 11.8 Å². The Morgan fingerprint density at radius 1 is 1.38 bits per heavy atom. The maximum atomic E-state index is 12.1. The van der Waals surface area contributed by atoms with Crippen molar-refractivity contribution in [2.45, 2.75) is 30.8 Å². The number of carbonyl (C=O) groups excluding carboxylic acids is 1. The maximum Gasteiger partial charge on any atom is 0.239 e. The van der Waals surface area contributed by atoms with Gasteiger partial charge < -0.3 is 9.84 Å². The SMILES string of the molecule is CNC(=O)[C@H](Cc1ccccc1)S[C@H](C)c1nc(C)no1. The molecule has 1 aromatic carbocycles. The lowest BCUT2D eigenvalue weighted by Gasteiger charge is -2.17. The molecule has 2 aromatic rings. The molecule has 0 aliphatic heterocycles. The number of amides is 1. The number of rotatable bonds is 6. The quantitative estimate of drug-likeness (QED) is 0.888. The fraction of sp³-hybridized carbons (Fsp3) is 0.400. The Bertz CT molecular complexity index is 586. The van der Waals surface area contributed by atoms with Gasteiger partial charge in [0.05, 0.1) is 10.5 Å². The van der Waals surface area contributed by atoms with E-state index < -0.39 is 0 Å². The molecule has 0 aliphatic carbocycles. The third-order valence-electron chi connectivity index (χ3n) is 3.06. The summed E-state index contributed by atoms with van der Waals surface area (Å²) < 4.78 is 5.18. The summed E-state index contributed by atoms with van der Waals surface area (Å²) in [5.74, 6) is 1.17. The molecule has 0 spiro atoms. The van der Waals surface area contributed by atoms with E-state index in [9.17, 15) is 4.79 Å². The first-order chi connectivity index (χ1) is 10.1. The van der Waals surface area contributed by atoms with E-state index in [1.807, 2.05) is 37.3 Å². The first-order valence-electron chi connectivity index (χ1n) is 6.81. The third kappa shape index (κ3) is 4.32. The van der Waals surface area contributed by atoms with Gasteiger partial charge in [-0.3, -0.25) is 4.79 Å². The predicted molar refractivity (Wildman–Crippen MR) is 83.0 cm³/mol. The van der Waals surface area contributed by atoms with Crippen LogP contribution in [-0.2, 0) is 11.2 Å². The lowest BCUT2D eigenvalue weighted by atomic mass is 10.1. The van der Waals surface area contributed by atoms with Crippen molar-refractivity contribution in [2.24, 2.45) is 0 Å². The molecule has 1 aromatic heterocycles. The normalized spacial score (nSPS) is 13.7. The summed E-state index contributed by atoms with van der Waals surface area (Å²) in [6.07, 6.45) is 0.669. The van der Waals surface area contributed by atoms with Crippen molar-refractivity contribution in [1.29, 1.82) is 0 Å². The van der Waals surface area contributed by atoms with E-state index in [4.69, 9.17) is 4.52 Å². The van der Waals surface area contributed by atoms with E-state index in [0.29, 0.717) is 18.1 Å². The third-order valence-corrected chi connectivity index (χ3v) is 4.38. The average Bonchev–Trinajstić information content (AvgIpc) is 2.93. The molecule has 21 heavy (non-hydrogen) atoms. The first kappa shape index (κ1) is 15.6. The molecule has 0 fully saturated rings. The number of hydrogen-bond donors (Lipinski definition) is 1. The van der Waals surface area contributed by atoms with E-state index in [1.54, 1.807) is 14.0 Å². The van der Waals surface area contributed by atoms with Crippen LogP contribution in [0.2, 0.25) is 0 Å². The molecule has 1 N–H and O–H groups in total. The van der Waals surface area contributed by atoms with E-state index in [-0.39, 0.29) is 16.4 Å². The summed E-state index contributed by atoms with van der Waals surface area (Å²) in [6, 6.07) is 9.98. The van der Waals surface area contributed by atoms with Crippen molar-refractivity contribution in [3.8, 4) is 0 Å².